The van der Waals surface area contributed by atoms with E-state index in [1.54, 1.807) is 27.4 Å². The van der Waals surface area contributed by atoms with E-state index in [1.807, 2.05) is 30.3 Å². The van der Waals surface area contributed by atoms with E-state index >= 15 is 0 Å². The quantitative estimate of drug-likeness (QED) is 0.147. The third kappa shape index (κ3) is 12.5. The molecule has 0 heterocycles. The summed E-state index contributed by atoms with van der Waals surface area (Å²) in [6.07, 6.45) is 3.63. The van der Waals surface area contributed by atoms with E-state index in [4.69, 9.17) is 0 Å². The number of halogens is 2. The van der Waals surface area contributed by atoms with E-state index < -0.39 is 0 Å². The standard InChI is InChI=1S/C39H45.C9H18.C5H5.2ClH.Zr/c1-22-13-24(3)36(25(4)14-22)32-18-28-17-29-19-33(37-26(5)15-23(2)16-27(37)6)35(39(10,11)12)21-31(29)30(28)20-34(32)38(7,8)9;1-8(2)6-5-7-9(3)4;1-2-4-5-3-1;;;/h13-16,18,20-21H,17H2,1-12H3;8-9H,6-7H2,1-4H3;1-5H;2*1H;/q-1;;-1;;;+2/p-2. The molecule has 0 saturated heterocycles. The van der Waals surface area contributed by atoms with Gasteiger partial charge < -0.3 is 24.8 Å². The first-order valence-electron chi connectivity index (χ1n) is 20.2. The van der Waals surface area contributed by atoms with E-state index in [-0.39, 0.29) is 35.6 Å². The van der Waals surface area contributed by atoms with Crippen molar-refractivity contribution < 1.29 is 49.0 Å². The van der Waals surface area contributed by atoms with Crippen molar-refractivity contribution >= 4 is 3.21 Å². The van der Waals surface area contributed by atoms with Gasteiger partial charge in [0.25, 0.3) is 0 Å². The van der Waals surface area contributed by atoms with Crippen molar-refractivity contribution in [1.29, 1.82) is 0 Å². The number of fused-ring (bicyclic) bond motifs is 3. The molecule has 1 aliphatic rings. The fraction of sp³-hybridized carbons (Fsp3) is 0.434. The summed E-state index contributed by atoms with van der Waals surface area (Å²) in [4.78, 5) is 0. The third-order valence-electron chi connectivity index (χ3n) is 10.4. The van der Waals surface area contributed by atoms with Crippen LogP contribution in [0.1, 0.15) is 138 Å². The van der Waals surface area contributed by atoms with Gasteiger partial charge in [-0.1, -0.05) is 117 Å². The minimum Gasteiger partial charge on any atom is -1.00 e. The molecule has 0 N–H and O–H groups in total. The summed E-state index contributed by atoms with van der Waals surface area (Å²) < 4.78 is 1.75. The van der Waals surface area contributed by atoms with E-state index in [2.05, 4.69) is 159 Å². The molecule has 56 heavy (non-hydrogen) atoms. The van der Waals surface area contributed by atoms with Gasteiger partial charge in [-0.2, -0.15) is 18.2 Å². The summed E-state index contributed by atoms with van der Waals surface area (Å²) in [6, 6.07) is 30.8. The van der Waals surface area contributed by atoms with Crippen LogP contribution in [0.4, 0.5) is 0 Å². The van der Waals surface area contributed by atoms with Crippen LogP contribution in [0, 0.1) is 59.4 Å². The molecule has 0 aliphatic heterocycles. The molecular formula is C53H68Cl2Zr-2. The monoisotopic (exact) mass is 864 g/mol. The molecule has 3 heteroatoms. The molecular weight excluding hydrogens is 799 g/mol. The van der Waals surface area contributed by atoms with Gasteiger partial charge in [0.1, 0.15) is 0 Å². The van der Waals surface area contributed by atoms with Gasteiger partial charge in [-0.15, -0.1) is 28.8 Å². The summed E-state index contributed by atoms with van der Waals surface area (Å²) >= 11 is 1.65. The maximum Gasteiger partial charge on any atom is -0.0122 e. The van der Waals surface area contributed by atoms with Crippen LogP contribution in [-0.2, 0) is 41.5 Å². The fourth-order valence-electron chi connectivity index (χ4n) is 8.39. The molecule has 5 aromatic rings. The first-order valence-corrected chi connectivity index (χ1v) is 21.5. The smallest absolute Gasteiger partial charge is 0.0122 e. The summed E-state index contributed by atoms with van der Waals surface area (Å²) in [5.41, 5.74) is 21.9. The normalized spacial score (nSPS) is 11.8. The molecule has 0 unspecified atom stereocenters. The van der Waals surface area contributed by atoms with E-state index in [9.17, 15) is 0 Å². The van der Waals surface area contributed by atoms with Crippen molar-refractivity contribution in [3.05, 3.63) is 134 Å². The van der Waals surface area contributed by atoms with Crippen LogP contribution in [0.5, 0.6) is 0 Å². The molecule has 0 nitrogen and oxygen atoms in total. The van der Waals surface area contributed by atoms with Gasteiger partial charge in [-0.3, -0.25) is 0 Å². The molecule has 0 aromatic heterocycles. The Balaban J connectivity index is 0.000000536. The van der Waals surface area contributed by atoms with Crippen LogP contribution in [0.25, 0.3) is 33.4 Å². The van der Waals surface area contributed by atoms with Crippen molar-refractivity contribution in [2.75, 3.05) is 0 Å². The van der Waals surface area contributed by atoms with Crippen molar-refractivity contribution in [2.24, 2.45) is 11.8 Å². The molecule has 0 bridgehead atoms. The van der Waals surface area contributed by atoms with Gasteiger partial charge >= 0.3 is 79.8 Å². The Labute approximate surface area is 370 Å². The zero-order valence-electron chi connectivity index (χ0n) is 37.5. The SMILES string of the molecule is CC(C)C[C](=[Zr+2])CC(C)C.Cc1cc(C)c(-c2[c-]c3c(cc2C(C)(C)C)-c2cc(C(C)(C)C)c(-c4c(C)cc(C)cc4C)cc2C3)c(C)c1.[Cl-].[Cl-].c1cc[cH-]c1. The summed E-state index contributed by atoms with van der Waals surface area (Å²) in [5.74, 6) is 1.71. The van der Waals surface area contributed by atoms with Crippen LogP contribution in [0.3, 0.4) is 0 Å². The molecule has 0 fully saturated rings. The number of hydrogen-bond acceptors (Lipinski definition) is 0. The molecule has 0 amide bonds. The Morgan fingerprint density at radius 2 is 1.04 bits per heavy atom. The Bertz CT molecular complexity index is 1880. The van der Waals surface area contributed by atoms with Gasteiger partial charge in [-0.05, 0) is 92.2 Å². The maximum atomic E-state index is 4.01. The van der Waals surface area contributed by atoms with Crippen LogP contribution in [0.2, 0.25) is 0 Å². The van der Waals surface area contributed by atoms with Crippen molar-refractivity contribution in [1.82, 2.24) is 0 Å². The second-order valence-corrected chi connectivity index (χ2v) is 20.7. The average Bonchev–Trinajstić information content (AvgIpc) is 3.69. The summed E-state index contributed by atoms with van der Waals surface area (Å²) in [7, 11) is 0. The van der Waals surface area contributed by atoms with Crippen LogP contribution in [0.15, 0.2) is 72.8 Å². The van der Waals surface area contributed by atoms with Gasteiger partial charge in [0.2, 0.25) is 0 Å². The zero-order chi connectivity index (χ0) is 40.3. The molecule has 0 spiro atoms. The second-order valence-electron chi connectivity index (χ2n) is 19.0. The molecule has 0 atom stereocenters. The molecule has 0 radical (unpaired) electrons. The first-order chi connectivity index (χ1) is 25.1. The number of benzene rings is 4. The van der Waals surface area contributed by atoms with Crippen LogP contribution < -0.4 is 24.8 Å². The largest absolute Gasteiger partial charge is 1.00 e. The topological polar surface area (TPSA) is 0 Å². The zero-order valence-corrected chi connectivity index (χ0v) is 41.4. The maximum absolute atomic E-state index is 4.01. The second kappa shape index (κ2) is 20.5. The van der Waals surface area contributed by atoms with Gasteiger partial charge in [0, 0.05) is 0 Å². The van der Waals surface area contributed by atoms with Crippen LogP contribution in [-0.4, -0.2) is 3.21 Å². The van der Waals surface area contributed by atoms with Gasteiger partial charge in [0.15, 0.2) is 0 Å². The molecule has 5 aromatic carbocycles. The predicted octanol–water partition coefficient (Wildman–Crippen LogP) is 9.05. The van der Waals surface area contributed by atoms with E-state index in [1.165, 1.54) is 102 Å². The third-order valence-corrected chi connectivity index (χ3v) is 11.4. The fourth-order valence-corrected chi connectivity index (χ4v) is 10.4. The Morgan fingerprint density at radius 3 is 1.43 bits per heavy atom. The van der Waals surface area contributed by atoms with Crippen LogP contribution >= 0.6 is 0 Å². The summed E-state index contributed by atoms with van der Waals surface area (Å²) in [6.45, 7) is 36.7. The average molecular weight is 867 g/mol. The molecule has 6 rings (SSSR count). The summed E-state index contributed by atoms with van der Waals surface area (Å²) in [5, 5.41) is 0. The minimum atomic E-state index is 0. The predicted molar refractivity (Wildman–Crippen MR) is 236 cm³/mol. The molecule has 1 aliphatic carbocycles. The van der Waals surface area contributed by atoms with Crippen molar-refractivity contribution in [3.8, 4) is 33.4 Å². The Kier molecular flexibility index (Phi) is 18.2. The Hall–Kier alpha value is -2.44. The van der Waals surface area contributed by atoms with Crippen molar-refractivity contribution in [2.45, 2.75) is 141 Å². The van der Waals surface area contributed by atoms with Crippen molar-refractivity contribution in [3.63, 3.8) is 0 Å². The number of hydrogen-bond donors (Lipinski definition) is 0. The van der Waals surface area contributed by atoms with Gasteiger partial charge in [-0.25, -0.2) is 12.1 Å². The number of aryl methyl sites for hydroxylation is 6. The number of rotatable bonds is 6. The molecule has 300 valence electrons. The van der Waals surface area contributed by atoms with Gasteiger partial charge in [0.05, 0.1) is 0 Å². The molecule has 0 saturated carbocycles. The Morgan fingerprint density at radius 1 is 0.607 bits per heavy atom. The minimum absolute atomic E-state index is 0. The van der Waals surface area contributed by atoms with E-state index in [0.717, 1.165) is 18.3 Å². The first kappa shape index (κ1) is 49.7. The van der Waals surface area contributed by atoms with E-state index in [0.29, 0.717) is 0 Å².